The second kappa shape index (κ2) is 16.7. The summed E-state index contributed by atoms with van der Waals surface area (Å²) in [5, 5.41) is 6.08. The van der Waals surface area contributed by atoms with Gasteiger partial charge in [-0.05, 0) is 58.5 Å². The van der Waals surface area contributed by atoms with E-state index in [0.29, 0.717) is 13.0 Å². The zero-order chi connectivity index (χ0) is 30.5. The summed E-state index contributed by atoms with van der Waals surface area (Å²) >= 11 is 0. The molecule has 0 aromatic carbocycles. The van der Waals surface area contributed by atoms with Crippen molar-refractivity contribution >= 4 is 25.3 Å². The summed E-state index contributed by atoms with van der Waals surface area (Å²) < 4.78 is 16.5. The van der Waals surface area contributed by atoms with E-state index >= 15 is 0 Å². The highest BCUT2D eigenvalue weighted by Gasteiger charge is 2.45. The minimum atomic E-state index is -0.431. The van der Waals surface area contributed by atoms with Gasteiger partial charge < -0.3 is 29.6 Å². The van der Waals surface area contributed by atoms with Crippen molar-refractivity contribution < 1.29 is 23.6 Å². The largest absolute Gasteiger partial charge is 0.494 e. The highest BCUT2D eigenvalue weighted by molar-refractivity contribution is 6.55. The molecular formula is C30H53BN4O5. The number of likely N-dealkylation sites (tertiary alicyclic amines) is 1. The molecule has 226 valence electrons. The van der Waals surface area contributed by atoms with E-state index in [1.54, 1.807) is 14.2 Å². The number of amides is 2. The molecule has 9 nitrogen and oxygen atoms in total. The van der Waals surface area contributed by atoms with Crippen molar-refractivity contribution in [2.24, 2.45) is 4.99 Å². The number of carbonyl (C=O) groups excluding carboxylic acids is 2. The number of fused-ring (bicyclic) bond motifs is 1. The first-order valence-corrected chi connectivity index (χ1v) is 14.6. The third-order valence-electron chi connectivity index (χ3n) is 6.83. The molecule has 2 amide bonds. The normalized spacial score (nSPS) is 25.5. The fourth-order valence-corrected chi connectivity index (χ4v) is 4.60. The quantitative estimate of drug-likeness (QED) is 0.385. The van der Waals surface area contributed by atoms with E-state index in [1.165, 1.54) is 6.42 Å². The van der Waals surface area contributed by atoms with Crippen molar-refractivity contribution in [3.8, 4) is 0 Å². The van der Waals surface area contributed by atoms with Crippen LogP contribution < -0.4 is 10.6 Å². The molecule has 1 aliphatic carbocycles. The van der Waals surface area contributed by atoms with E-state index in [4.69, 9.17) is 14.3 Å². The second-order valence-corrected chi connectivity index (χ2v) is 11.1. The predicted molar refractivity (Wildman–Crippen MR) is 164 cm³/mol. The van der Waals surface area contributed by atoms with Crippen LogP contribution in [0.3, 0.4) is 0 Å². The van der Waals surface area contributed by atoms with Gasteiger partial charge in [0.05, 0.1) is 35.9 Å². The molecule has 0 saturated carbocycles. The zero-order valence-corrected chi connectivity index (χ0v) is 26.7. The Bertz CT molecular complexity index is 942. The zero-order valence-electron chi connectivity index (χ0n) is 26.7. The van der Waals surface area contributed by atoms with Crippen LogP contribution >= 0.6 is 0 Å². The molecule has 3 aliphatic heterocycles. The molecule has 4 rings (SSSR count). The van der Waals surface area contributed by atoms with Gasteiger partial charge in [-0.25, -0.2) is 0 Å². The monoisotopic (exact) mass is 560 g/mol. The average molecular weight is 561 g/mol. The Kier molecular flexibility index (Phi) is 14.9. The molecule has 2 saturated heterocycles. The first kappa shape index (κ1) is 35.6. The van der Waals surface area contributed by atoms with Gasteiger partial charge >= 0.3 is 7.12 Å². The molecule has 10 heteroatoms. The molecule has 0 radical (unpaired) electrons. The summed E-state index contributed by atoms with van der Waals surface area (Å²) in [6.45, 7) is 19.3. The number of hydrogen-bond acceptors (Lipinski definition) is 7. The molecule has 3 atom stereocenters. The molecule has 2 bridgehead atoms. The highest BCUT2D eigenvalue weighted by Crippen LogP contribution is 2.33. The number of methoxy groups -OCH3 is 1. The van der Waals surface area contributed by atoms with Crippen molar-refractivity contribution in [1.29, 1.82) is 0 Å². The Morgan fingerprint density at radius 3 is 2.40 bits per heavy atom. The van der Waals surface area contributed by atoms with Crippen molar-refractivity contribution in [2.75, 3.05) is 27.3 Å². The molecule has 2 N–H and O–H groups in total. The first-order chi connectivity index (χ1) is 18.9. The maximum Gasteiger partial charge on any atom is 0.494 e. The number of nitrogens with one attached hydrogen (secondary N) is 2. The summed E-state index contributed by atoms with van der Waals surface area (Å²) in [4.78, 5) is 30.2. The number of rotatable bonds is 5. The third-order valence-corrected chi connectivity index (χ3v) is 6.83. The topological polar surface area (TPSA) is 101 Å². The van der Waals surface area contributed by atoms with Gasteiger partial charge in [0.1, 0.15) is 5.84 Å². The average Bonchev–Trinajstić information content (AvgIpc) is 3.38. The van der Waals surface area contributed by atoms with Gasteiger partial charge in [-0.1, -0.05) is 58.4 Å². The van der Waals surface area contributed by atoms with E-state index in [0.717, 1.165) is 29.7 Å². The molecule has 0 aromatic heterocycles. The van der Waals surface area contributed by atoms with Gasteiger partial charge in [0, 0.05) is 20.8 Å². The number of nitrogens with zero attached hydrogens (tertiary/aromatic N) is 2. The van der Waals surface area contributed by atoms with Crippen LogP contribution in [0.15, 0.2) is 40.3 Å². The van der Waals surface area contributed by atoms with E-state index in [-0.39, 0.29) is 41.8 Å². The van der Waals surface area contributed by atoms with Crippen LogP contribution in [0.25, 0.3) is 0 Å². The van der Waals surface area contributed by atoms with Crippen LogP contribution in [-0.2, 0) is 23.6 Å². The molecule has 0 spiro atoms. The second-order valence-electron chi connectivity index (χ2n) is 11.1. The number of aliphatic imine (C=N–C) groups is 1. The highest BCUT2D eigenvalue weighted by atomic mass is 16.7. The summed E-state index contributed by atoms with van der Waals surface area (Å²) in [7, 11) is 2.82. The lowest BCUT2D eigenvalue weighted by Crippen LogP contribution is -2.53. The minimum Gasteiger partial charge on any atom is -0.402 e. The first-order valence-electron chi connectivity index (χ1n) is 14.6. The Hall–Kier alpha value is -2.43. The van der Waals surface area contributed by atoms with Crippen molar-refractivity contribution in [3.63, 3.8) is 0 Å². The summed E-state index contributed by atoms with van der Waals surface area (Å²) in [5.74, 6) is 0.708. The summed E-state index contributed by atoms with van der Waals surface area (Å²) in [5.41, 5.74) is 1.35. The van der Waals surface area contributed by atoms with Crippen LogP contribution in [-0.4, -0.2) is 86.8 Å². The SMILES string of the molecule is CC.CC1OB(C2=CC3C=C(C=C2)C(C)(C)NC([C@@H]2CCCN2C(=O)CNC=O)=N3)OC1(C)C.CCC.COC. The standard InChI is InChI=1S/C23H33BN4O4.C3H8.C2H6O.C2H6/c1-15-23(4,5)32-24(31-15)17-9-8-16-11-18(12-17)26-21(27-22(16,2)3)19-7-6-10-28(19)20(30)13-25-14-29;2*1-3-2;1-2/h8-9,11-12,14-15,18-19H,6-7,10,13H2,1-5H3,(H,25,29)(H,26,27);3H2,1-2H3;1-2H3;1-2H3/t15?,18?,19-;;;/m0.../s1. The predicted octanol–water partition coefficient (Wildman–Crippen LogP) is 4.24. The van der Waals surface area contributed by atoms with Gasteiger partial charge in [-0.2, -0.15) is 0 Å². The third kappa shape index (κ3) is 9.60. The maximum atomic E-state index is 12.7. The number of allylic oxidation sites excluding steroid dienone is 2. The molecule has 2 unspecified atom stereocenters. The van der Waals surface area contributed by atoms with E-state index in [2.05, 4.69) is 67.4 Å². The van der Waals surface area contributed by atoms with Crippen molar-refractivity contribution in [1.82, 2.24) is 15.5 Å². The lowest BCUT2D eigenvalue weighted by atomic mass is 9.77. The van der Waals surface area contributed by atoms with Crippen LogP contribution in [0.1, 0.15) is 81.6 Å². The number of ether oxygens (including phenoxy) is 1. The molecular weight excluding hydrogens is 507 g/mol. The molecule has 2 fully saturated rings. The van der Waals surface area contributed by atoms with Crippen molar-refractivity contribution in [2.45, 2.75) is 111 Å². The Morgan fingerprint density at radius 2 is 1.85 bits per heavy atom. The Morgan fingerprint density at radius 1 is 1.23 bits per heavy atom. The smallest absolute Gasteiger partial charge is 0.402 e. The van der Waals surface area contributed by atoms with Gasteiger partial charge in [-0.3, -0.25) is 14.6 Å². The number of amidine groups is 1. The summed E-state index contributed by atoms with van der Waals surface area (Å²) in [6, 6.07) is -0.334. The molecule has 3 heterocycles. The fourth-order valence-electron chi connectivity index (χ4n) is 4.60. The minimum absolute atomic E-state index is 0.000712. The van der Waals surface area contributed by atoms with Crippen LogP contribution in [0.4, 0.5) is 0 Å². The van der Waals surface area contributed by atoms with Gasteiger partial charge in [0.25, 0.3) is 0 Å². The van der Waals surface area contributed by atoms with Crippen LogP contribution in [0.5, 0.6) is 0 Å². The number of carbonyl (C=O) groups is 2. The van der Waals surface area contributed by atoms with Crippen LogP contribution in [0.2, 0.25) is 0 Å². The molecule has 4 aliphatic rings. The van der Waals surface area contributed by atoms with Gasteiger partial charge in [0.15, 0.2) is 0 Å². The Balaban J connectivity index is 0.000000902. The van der Waals surface area contributed by atoms with Gasteiger partial charge in [0.2, 0.25) is 12.3 Å². The van der Waals surface area contributed by atoms with Crippen molar-refractivity contribution in [3.05, 3.63) is 35.3 Å². The lowest BCUT2D eigenvalue weighted by Gasteiger charge is -2.33. The Labute approximate surface area is 243 Å². The van der Waals surface area contributed by atoms with E-state index in [1.807, 2.05) is 39.5 Å². The summed E-state index contributed by atoms with van der Waals surface area (Å²) in [6.07, 6.45) is 11.9. The van der Waals surface area contributed by atoms with E-state index < -0.39 is 7.12 Å². The van der Waals surface area contributed by atoms with E-state index in [9.17, 15) is 9.59 Å². The maximum absolute atomic E-state index is 12.7. The lowest BCUT2D eigenvalue weighted by molar-refractivity contribution is -0.131. The van der Waals surface area contributed by atoms with Gasteiger partial charge in [-0.15, -0.1) is 0 Å². The van der Waals surface area contributed by atoms with Crippen LogP contribution in [0, 0.1) is 0 Å². The molecule has 40 heavy (non-hydrogen) atoms. The number of hydrogen-bond donors (Lipinski definition) is 2. The molecule has 0 aromatic rings. The fraction of sp³-hybridized carbons (Fsp3) is 0.700.